The number of hydrogen-bond donors (Lipinski definition) is 1. The highest BCUT2D eigenvalue weighted by atomic mass is 19.1. The fourth-order valence-corrected chi connectivity index (χ4v) is 2.60. The van der Waals surface area contributed by atoms with Gasteiger partial charge in [-0.2, -0.15) is 0 Å². The Morgan fingerprint density at radius 2 is 1.95 bits per heavy atom. The summed E-state index contributed by atoms with van der Waals surface area (Å²) in [7, 11) is 0. The van der Waals surface area contributed by atoms with E-state index >= 15 is 0 Å². The Kier molecular flexibility index (Phi) is 5.61. The Morgan fingerprint density at radius 1 is 1.21 bits per heavy atom. The molecule has 0 aliphatic carbocycles. The molecule has 2 rings (SSSR count). The summed E-state index contributed by atoms with van der Waals surface area (Å²) in [5, 5.41) is 0. The van der Waals surface area contributed by atoms with Crippen LogP contribution >= 0.6 is 0 Å². The second kappa shape index (κ2) is 7.46. The van der Waals surface area contributed by atoms with Gasteiger partial charge in [-0.25, -0.2) is 4.39 Å². The lowest BCUT2D eigenvalue weighted by molar-refractivity contribution is 0.141. The first-order valence-corrected chi connectivity index (χ1v) is 7.12. The smallest absolute Gasteiger partial charge is 0.165 e. The number of nitrogens with two attached hydrogens (primary N) is 1. The van der Waals surface area contributed by atoms with Gasteiger partial charge in [0.15, 0.2) is 11.6 Å². The number of nitrogens with zero attached hydrogens (tertiary/aromatic N) is 1. The maximum Gasteiger partial charge on any atom is 0.165 e. The molecule has 0 spiro atoms. The predicted octanol–water partition coefficient (Wildman–Crippen LogP) is 2.41. The Morgan fingerprint density at radius 3 is 2.63 bits per heavy atom. The molecule has 2 N–H and O–H groups in total. The minimum absolute atomic E-state index is 0.301. The standard InChI is InChI=1S/C15H23FN2O/c16-14-6-2-3-7-15(14)19-11-8-13(12-17)18-9-4-1-5-10-18/h2-3,6-7,13H,1,4-5,8-12,17H2. The van der Waals surface area contributed by atoms with E-state index in [0.29, 0.717) is 24.9 Å². The fourth-order valence-electron chi connectivity index (χ4n) is 2.60. The Bertz CT molecular complexity index is 380. The van der Waals surface area contributed by atoms with Crippen molar-refractivity contribution in [3.63, 3.8) is 0 Å². The van der Waals surface area contributed by atoms with E-state index in [0.717, 1.165) is 19.5 Å². The van der Waals surface area contributed by atoms with Gasteiger partial charge in [0.25, 0.3) is 0 Å². The van der Waals surface area contributed by atoms with E-state index in [1.54, 1.807) is 18.2 Å². The van der Waals surface area contributed by atoms with Crippen molar-refractivity contribution in [1.82, 2.24) is 4.90 Å². The molecule has 1 unspecified atom stereocenters. The van der Waals surface area contributed by atoms with E-state index in [1.165, 1.54) is 25.3 Å². The molecule has 0 radical (unpaired) electrons. The number of benzene rings is 1. The third-order valence-electron chi connectivity index (χ3n) is 3.72. The van der Waals surface area contributed by atoms with Crippen molar-refractivity contribution < 1.29 is 9.13 Å². The number of para-hydroxylation sites is 1. The predicted molar refractivity (Wildman–Crippen MR) is 74.8 cm³/mol. The Hall–Kier alpha value is -1.13. The van der Waals surface area contributed by atoms with Crippen molar-refractivity contribution in [3.05, 3.63) is 30.1 Å². The maximum absolute atomic E-state index is 13.4. The average molecular weight is 266 g/mol. The molecule has 0 amide bonds. The van der Waals surface area contributed by atoms with Crippen molar-refractivity contribution in [1.29, 1.82) is 0 Å². The molecule has 1 atom stereocenters. The summed E-state index contributed by atoms with van der Waals surface area (Å²) in [6.07, 6.45) is 4.68. The highest BCUT2D eigenvalue weighted by molar-refractivity contribution is 5.23. The van der Waals surface area contributed by atoms with Crippen LogP contribution in [0.25, 0.3) is 0 Å². The van der Waals surface area contributed by atoms with Gasteiger partial charge in [-0.15, -0.1) is 0 Å². The van der Waals surface area contributed by atoms with Crippen molar-refractivity contribution >= 4 is 0 Å². The number of hydrogen-bond acceptors (Lipinski definition) is 3. The topological polar surface area (TPSA) is 38.5 Å². The van der Waals surface area contributed by atoms with Gasteiger partial charge in [-0.3, -0.25) is 4.90 Å². The van der Waals surface area contributed by atoms with Crippen LogP contribution in [0.4, 0.5) is 4.39 Å². The van der Waals surface area contributed by atoms with Crippen LogP contribution in [0.3, 0.4) is 0 Å². The second-order valence-corrected chi connectivity index (χ2v) is 5.05. The summed E-state index contributed by atoms with van der Waals surface area (Å²) in [5.74, 6) is 0.0293. The van der Waals surface area contributed by atoms with Gasteiger partial charge >= 0.3 is 0 Å². The van der Waals surface area contributed by atoms with E-state index in [-0.39, 0.29) is 5.82 Å². The van der Waals surface area contributed by atoms with Crippen LogP contribution in [-0.2, 0) is 0 Å². The van der Waals surface area contributed by atoms with Crippen LogP contribution in [0.15, 0.2) is 24.3 Å². The van der Waals surface area contributed by atoms with Crippen molar-refractivity contribution in [3.8, 4) is 5.75 Å². The molecule has 4 heteroatoms. The third-order valence-corrected chi connectivity index (χ3v) is 3.72. The number of likely N-dealkylation sites (tertiary alicyclic amines) is 1. The lowest BCUT2D eigenvalue weighted by Crippen LogP contribution is -2.44. The summed E-state index contributed by atoms with van der Waals surface area (Å²) >= 11 is 0. The molecule has 1 heterocycles. The van der Waals surface area contributed by atoms with Crippen molar-refractivity contribution in [2.75, 3.05) is 26.2 Å². The zero-order chi connectivity index (χ0) is 13.5. The van der Waals surface area contributed by atoms with Gasteiger partial charge in [0.1, 0.15) is 0 Å². The normalized spacial score (nSPS) is 18.2. The molecule has 0 saturated carbocycles. The minimum atomic E-state index is -0.301. The van der Waals surface area contributed by atoms with E-state index < -0.39 is 0 Å². The van der Waals surface area contributed by atoms with Crippen molar-refractivity contribution in [2.24, 2.45) is 5.73 Å². The molecule has 1 aromatic carbocycles. The summed E-state index contributed by atoms with van der Waals surface area (Å²) in [6, 6.07) is 6.88. The van der Waals surface area contributed by atoms with E-state index in [9.17, 15) is 4.39 Å². The minimum Gasteiger partial charge on any atom is -0.490 e. The lowest BCUT2D eigenvalue weighted by Gasteiger charge is -2.33. The summed E-state index contributed by atoms with van der Waals surface area (Å²) < 4.78 is 18.9. The maximum atomic E-state index is 13.4. The van der Waals surface area contributed by atoms with Crippen LogP contribution in [-0.4, -0.2) is 37.2 Å². The van der Waals surface area contributed by atoms with Gasteiger partial charge in [0.05, 0.1) is 6.61 Å². The molecule has 1 aliphatic rings. The molecule has 1 aliphatic heterocycles. The van der Waals surface area contributed by atoms with Crippen LogP contribution in [0.1, 0.15) is 25.7 Å². The molecule has 1 fully saturated rings. The molecule has 1 saturated heterocycles. The second-order valence-electron chi connectivity index (χ2n) is 5.05. The average Bonchev–Trinajstić information content (AvgIpc) is 2.46. The van der Waals surface area contributed by atoms with Gasteiger partial charge in [0.2, 0.25) is 0 Å². The van der Waals surface area contributed by atoms with Crippen LogP contribution < -0.4 is 10.5 Å². The molecule has 19 heavy (non-hydrogen) atoms. The van der Waals surface area contributed by atoms with E-state index in [1.807, 2.05) is 0 Å². The summed E-state index contributed by atoms with van der Waals surface area (Å²) in [6.45, 7) is 3.41. The molecule has 1 aromatic rings. The highest BCUT2D eigenvalue weighted by Gasteiger charge is 2.19. The molecular weight excluding hydrogens is 243 g/mol. The molecule has 106 valence electrons. The van der Waals surface area contributed by atoms with E-state index in [4.69, 9.17) is 10.5 Å². The lowest BCUT2D eigenvalue weighted by atomic mass is 10.1. The van der Waals surface area contributed by atoms with E-state index in [2.05, 4.69) is 4.90 Å². The Balaban J connectivity index is 1.78. The van der Waals surface area contributed by atoms with Gasteiger partial charge in [-0.1, -0.05) is 18.6 Å². The van der Waals surface area contributed by atoms with Crippen LogP contribution in [0.5, 0.6) is 5.75 Å². The summed E-state index contributed by atoms with van der Waals surface area (Å²) in [5.41, 5.74) is 5.84. The molecule has 0 aromatic heterocycles. The quantitative estimate of drug-likeness (QED) is 0.859. The van der Waals surface area contributed by atoms with Crippen molar-refractivity contribution in [2.45, 2.75) is 31.7 Å². The first-order valence-electron chi connectivity index (χ1n) is 7.12. The first kappa shape index (κ1) is 14.3. The largest absolute Gasteiger partial charge is 0.490 e. The van der Waals surface area contributed by atoms with Crippen LogP contribution in [0, 0.1) is 5.82 Å². The zero-order valence-electron chi connectivity index (χ0n) is 11.4. The number of ether oxygens (including phenoxy) is 1. The molecule has 0 bridgehead atoms. The van der Waals surface area contributed by atoms with Gasteiger partial charge < -0.3 is 10.5 Å². The highest BCUT2D eigenvalue weighted by Crippen LogP contribution is 2.17. The molecule has 3 nitrogen and oxygen atoms in total. The fraction of sp³-hybridized carbons (Fsp3) is 0.600. The monoisotopic (exact) mass is 266 g/mol. The SMILES string of the molecule is NCC(CCOc1ccccc1F)N1CCCCC1. The Labute approximate surface area is 114 Å². The number of halogens is 1. The zero-order valence-corrected chi connectivity index (χ0v) is 11.4. The van der Waals surface area contributed by atoms with Gasteiger partial charge in [0, 0.05) is 12.6 Å². The first-order chi connectivity index (χ1) is 9.31. The number of rotatable bonds is 6. The third kappa shape index (κ3) is 4.18. The summed E-state index contributed by atoms with van der Waals surface area (Å²) in [4.78, 5) is 2.44. The molecular formula is C15H23FN2O. The van der Waals surface area contributed by atoms with Crippen LogP contribution in [0.2, 0.25) is 0 Å². The van der Waals surface area contributed by atoms with Gasteiger partial charge in [-0.05, 0) is 44.5 Å². The number of piperidine rings is 1.